The summed E-state index contributed by atoms with van der Waals surface area (Å²) in [5.74, 6) is -0.638. The largest absolute Gasteiger partial charge is 0.573 e. The van der Waals surface area contributed by atoms with Crippen LogP contribution < -0.4 is 19.5 Å². The summed E-state index contributed by atoms with van der Waals surface area (Å²) in [4.78, 5) is 13.6. The fourth-order valence-corrected chi connectivity index (χ4v) is 6.21. The number of benzene rings is 3. The summed E-state index contributed by atoms with van der Waals surface area (Å²) < 4.78 is 80.8. The molecule has 0 spiro atoms. The summed E-state index contributed by atoms with van der Waals surface area (Å²) in [5, 5.41) is 3.82. The van der Waals surface area contributed by atoms with Crippen molar-refractivity contribution in [2.24, 2.45) is 0 Å². The summed E-state index contributed by atoms with van der Waals surface area (Å²) in [5.41, 5.74) is 0.936. The number of rotatable bonds is 9. The van der Waals surface area contributed by atoms with Gasteiger partial charge in [0.05, 0.1) is 24.3 Å². The molecule has 4 aromatic rings. The second-order valence-corrected chi connectivity index (χ2v) is 13.8. The molecule has 0 unspecified atom stereocenters. The van der Waals surface area contributed by atoms with Gasteiger partial charge in [-0.1, -0.05) is 25.4 Å². The number of hydrogen-bond acceptors (Lipinski definition) is 7. The van der Waals surface area contributed by atoms with Gasteiger partial charge in [0.2, 0.25) is 10.0 Å². The van der Waals surface area contributed by atoms with E-state index in [1.54, 1.807) is 62.4 Å². The number of amides is 1. The van der Waals surface area contributed by atoms with E-state index in [-0.39, 0.29) is 11.9 Å². The van der Waals surface area contributed by atoms with Gasteiger partial charge in [-0.15, -0.1) is 24.5 Å². The number of carbonyl (C=O) groups excluding carboxylic acids is 1. The lowest BCUT2D eigenvalue weighted by atomic mass is 9.78. The maximum atomic E-state index is 13.2. The molecule has 0 saturated carbocycles. The standard InChI is InChI=1S/C29H26ClF3N2O6S2/c1-28(2,18-10-22(40-24-14-39-15-24)13-23(11-18)41-29(31,32)33)17-8-19(30)12-21(9-17)34-27(36)26-7-16-6-20(35-43(3,37)38)4-5-25(16)42-26/h4-13,24,35H,14-15H2,1-3H3,(H,34,36). The van der Waals surface area contributed by atoms with Crippen LogP contribution in [0.2, 0.25) is 5.02 Å². The van der Waals surface area contributed by atoms with Gasteiger partial charge >= 0.3 is 6.36 Å². The number of sulfonamides is 1. The molecule has 0 radical (unpaired) electrons. The van der Waals surface area contributed by atoms with Crippen molar-refractivity contribution in [3.8, 4) is 11.5 Å². The van der Waals surface area contributed by atoms with Crippen molar-refractivity contribution in [2.75, 3.05) is 29.5 Å². The highest BCUT2D eigenvalue weighted by Gasteiger charge is 2.33. The second kappa shape index (κ2) is 11.5. The number of alkyl halides is 3. The molecule has 0 atom stereocenters. The maximum absolute atomic E-state index is 13.2. The number of ether oxygens (including phenoxy) is 3. The Morgan fingerprint density at radius 3 is 2.33 bits per heavy atom. The topological polar surface area (TPSA) is 103 Å². The Labute approximate surface area is 254 Å². The number of nitrogens with one attached hydrogen (secondary N) is 2. The highest BCUT2D eigenvalue weighted by atomic mass is 35.5. The Bertz CT molecular complexity index is 1800. The van der Waals surface area contributed by atoms with Crippen LogP contribution in [0.5, 0.6) is 11.5 Å². The van der Waals surface area contributed by atoms with E-state index in [4.69, 9.17) is 21.1 Å². The van der Waals surface area contributed by atoms with Crippen LogP contribution in [0, 0.1) is 0 Å². The molecule has 228 valence electrons. The fraction of sp³-hybridized carbons (Fsp3) is 0.276. The van der Waals surface area contributed by atoms with Crippen LogP contribution in [-0.4, -0.2) is 46.3 Å². The first-order valence-electron chi connectivity index (χ1n) is 12.8. The van der Waals surface area contributed by atoms with Crippen LogP contribution in [0.3, 0.4) is 0 Å². The normalized spacial score (nSPS) is 14.3. The van der Waals surface area contributed by atoms with E-state index in [9.17, 15) is 26.4 Å². The van der Waals surface area contributed by atoms with Gasteiger partial charge in [-0.05, 0) is 71.1 Å². The van der Waals surface area contributed by atoms with Gasteiger partial charge in [0.25, 0.3) is 5.91 Å². The minimum Gasteiger partial charge on any atom is -0.485 e. The van der Waals surface area contributed by atoms with Gasteiger partial charge in [0.15, 0.2) is 0 Å². The predicted molar refractivity (Wildman–Crippen MR) is 160 cm³/mol. The first-order valence-corrected chi connectivity index (χ1v) is 15.9. The predicted octanol–water partition coefficient (Wildman–Crippen LogP) is 7.18. The summed E-state index contributed by atoms with van der Waals surface area (Å²) in [6.07, 6.45) is -4.12. The highest BCUT2D eigenvalue weighted by molar-refractivity contribution is 7.92. The molecule has 1 saturated heterocycles. The van der Waals surface area contributed by atoms with E-state index in [0.29, 0.717) is 51.0 Å². The number of anilines is 2. The lowest BCUT2D eigenvalue weighted by Crippen LogP contribution is -2.38. The Balaban J connectivity index is 1.42. The van der Waals surface area contributed by atoms with Crippen LogP contribution in [-0.2, 0) is 20.2 Å². The molecule has 43 heavy (non-hydrogen) atoms. The third-order valence-electron chi connectivity index (χ3n) is 6.67. The lowest BCUT2D eigenvalue weighted by Gasteiger charge is -2.30. The summed E-state index contributed by atoms with van der Waals surface area (Å²) >= 11 is 7.67. The molecular formula is C29H26ClF3N2O6S2. The van der Waals surface area contributed by atoms with Crippen molar-refractivity contribution < 1.29 is 40.6 Å². The molecule has 2 N–H and O–H groups in total. The number of thiophene rings is 1. The van der Waals surface area contributed by atoms with Crippen LogP contribution in [0.4, 0.5) is 24.5 Å². The lowest BCUT2D eigenvalue weighted by molar-refractivity contribution is -0.274. The van der Waals surface area contributed by atoms with E-state index in [2.05, 4.69) is 14.8 Å². The van der Waals surface area contributed by atoms with E-state index in [1.165, 1.54) is 23.5 Å². The van der Waals surface area contributed by atoms with Crippen molar-refractivity contribution in [3.63, 3.8) is 0 Å². The zero-order chi connectivity index (χ0) is 31.2. The van der Waals surface area contributed by atoms with Crippen molar-refractivity contribution >= 4 is 60.3 Å². The third-order valence-corrected chi connectivity index (χ3v) is 8.61. The molecule has 2 heterocycles. The molecule has 14 heteroatoms. The van der Waals surface area contributed by atoms with E-state index < -0.39 is 33.5 Å². The van der Waals surface area contributed by atoms with E-state index in [1.807, 2.05) is 0 Å². The Hall–Kier alpha value is -3.52. The van der Waals surface area contributed by atoms with Gasteiger partial charge in [-0.25, -0.2) is 8.42 Å². The minimum absolute atomic E-state index is 0.202. The summed E-state index contributed by atoms with van der Waals surface area (Å²) in [6, 6.07) is 15.7. The molecule has 1 aliphatic heterocycles. The van der Waals surface area contributed by atoms with E-state index in [0.717, 1.165) is 11.0 Å². The fourth-order valence-electron chi connectivity index (χ4n) is 4.48. The number of carbonyl (C=O) groups is 1. The molecule has 1 fully saturated rings. The first kappa shape index (κ1) is 30.9. The smallest absolute Gasteiger partial charge is 0.485 e. The average Bonchev–Trinajstić information content (AvgIpc) is 3.27. The SMILES string of the molecule is CC(C)(c1cc(Cl)cc(NC(=O)c2cc3cc(NS(C)(=O)=O)ccc3s2)c1)c1cc(OC2COC2)cc(OC(F)(F)F)c1. The zero-order valence-corrected chi connectivity index (χ0v) is 25.4. The van der Waals surface area contributed by atoms with Crippen molar-refractivity contribution in [1.29, 1.82) is 0 Å². The van der Waals surface area contributed by atoms with Crippen LogP contribution in [0.25, 0.3) is 10.1 Å². The highest BCUT2D eigenvalue weighted by Crippen LogP contribution is 2.40. The van der Waals surface area contributed by atoms with Gasteiger partial charge in [0.1, 0.15) is 17.6 Å². The Kier molecular flexibility index (Phi) is 8.29. The van der Waals surface area contributed by atoms with Crippen molar-refractivity contribution in [3.05, 3.63) is 81.7 Å². The molecule has 0 bridgehead atoms. The number of hydrogen-bond donors (Lipinski definition) is 2. The quantitative estimate of drug-likeness (QED) is 0.198. The first-order chi connectivity index (χ1) is 20.0. The molecule has 1 aromatic heterocycles. The Morgan fingerprint density at radius 1 is 0.977 bits per heavy atom. The minimum atomic E-state index is -4.90. The third kappa shape index (κ3) is 7.71. The van der Waals surface area contributed by atoms with Gasteiger partial charge in [0, 0.05) is 32.6 Å². The van der Waals surface area contributed by atoms with Crippen molar-refractivity contribution in [1.82, 2.24) is 0 Å². The van der Waals surface area contributed by atoms with Crippen molar-refractivity contribution in [2.45, 2.75) is 31.7 Å². The van der Waals surface area contributed by atoms with Crippen LogP contribution in [0.1, 0.15) is 34.6 Å². The molecule has 8 nitrogen and oxygen atoms in total. The van der Waals surface area contributed by atoms with Crippen LogP contribution >= 0.6 is 22.9 Å². The molecule has 1 aliphatic rings. The van der Waals surface area contributed by atoms with Gasteiger partial charge in [-0.2, -0.15) is 0 Å². The summed E-state index contributed by atoms with van der Waals surface area (Å²) in [6.45, 7) is 4.28. The monoisotopic (exact) mass is 654 g/mol. The molecule has 5 rings (SSSR count). The summed E-state index contributed by atoms with van der Waals surface area (Å²) in [7, 11) is -3.46. The van der Waals surface area contributed by atoms with Gasteiger partial charge < -0.3 is 19.5 Å². The molecule has 0 aliphatic carbocycles. The number of fused-ring (bicyclic) bond motifs is 1. The average molecular weight is 655 g/mol. The Morgan fingerprint density at radius 2 is 1.67 bits per heavy atom. The molecule has 1 amide bonds. The second-order valence-electron chi connectivity index (χ2n) is 10.6. The molecule has 3 aromatic carbocycles. The van der Waals surface area contributed by atoms with E-state index >= 15 is 0 Å². The van der Waals surface area contributed by atoms with Gasteiger partial charge in [-0.3, -0.25) is 9.52 Å². The zero-order valence-electron chi connectivity index (χ0n) is 23.0. The van der Waals surface area contributed by atoms with Crippen LogP contribution in [0.15, 0.2) is 60.7 Å². The maximum Gasteiger partial charge on any atom is 0.573 e. The number of halogens is 4. The molecular weight excluding hydrogens is 629 g/mol.